The molecule has 1 fully saturated rings. The van der Waals surface area contributed by atoms with Crippen LogP contribution < -0.4 is 4.74 Å². The van der Waals surface area contributed by atoms with E-state index in [2.05, 4.69) is 0 Å². The highest BCUT2D eigenvalue weighted by atomic mass is 32.2. The zero-order valence-electron chi connectivity index (χ0n) is 15.7. The minimum atomic E-state index is -2.98. The van der Waals surface area contributed by atoms with Crippen LogP contribution in [0.5, 0.6) is 5.75 Å². The van der Waals surface area contributed by atoms with Crippen LogP contribution in [0.3, 0.4) is 0 Å². The van der Waals surface area contributed by atoms with E-state index in [0.29, 0.717) is 17.5 Å². The lowest BCUT2D eigenvalue weighted by Gasteiger charge is -2.20. The first-order valence-corrected chi connectivity index (χ1v) is 11.5. The number of hydrogen-bond acceptors (Lipinski definition) is 5. The van der Waals surface area contributed by atoms with Crippen LogP contribution in [0.4, 0.5) is 4.39 Å². The summed E-state index contributed by atoms with van der Waals surface area (Å²) in [5, 5.41) is -0.0417. The van der Waals surface area contributed by atoms with E-state index in [0.717, 1.165) is 4.90 Å². The van der Waals surface area contributed by atoms with Gasteiger partial charge in [0.1, 0.15) is 0 Å². The molecule has 5 nitrogen and oxygen atoms in total. The largest absolute Gasteiger partial charge is 0.494 e. The standard InChI is InChI=1S/C20H22FNO4S2/c1-22(12-14-7-8-18(26-2)17(21)11-14)20(23)16-5-3-4-6-19(16)27-15-9-10-28(24,25)13-15/h3-8,11,15H,9-10,12-13H2,1-2H3/t15-/m0/s1. The van der Waals surface area contributed by atoms with Crippen LogP contribution in [0, 0.1) is 5.82 Å². The fraction of sp³-hybridized carbons (Fsp3) is 0.350. The maximum Gasteiger partial charge on any atom is 0.255 e. The van der Waals surface area contributed by atoms with Gasteiger partial charge in [0.2, 0.25) is 0 Å². The molecule has 0 aliphatic carbocycles. The topological polar surface area (TPSA) is 63.7 Å². The maximum atomic E-state index is 13.9. The number of rotatable bonds is 6. The van der Waals surface area contributed by atoms with Gasteiger partial charge in [0.05, 0.1) is 24.2 Å². The number of nitrogens with zero attached hydrogens (tertiary/aromatic N) is 1. The molecule has 28 heavy (non-hydrogen) atoms. The molecule has 1 aliphatic rings. The van der Waals surface area contributed by atoms with E-state index < -0.39 is 15.7 Å². The van der Waals surface area contributed by atoms with E-state index in [9.17, 15) is 17.6 Å². The van der Waals surface area contributed by atoms with Crippen LogP contribution in [-0.4, -0.2) is 50.1 Å². The van der Waals surface area contributed by atoms with Crippen molar-refractivity contribution in [2.45, 2.75) is 23.1 Å². The van der Waals surface area contributed by atoms with Gasteiger partial charge >= 0.3 is 0 Å². The van der Waals surface area contributed by atoms with Crippen molar-refractivity contribution in [2.24, 2.45) is 0 Å². The molecule has 0 unspecified atom stereocenters. The molecule has 0 saturated carbocycles. The first-order chi connectivity index (χ1) is 13.3. The molecular formula is C20H22FNO4S2. The molecule has 3 rings (SSSR count). The van der Waals surface area contributed by atoms with Crippen LogP contribution in [0.25, 0.3) is 0 Å². The first-order valence-electron chi connectivity index (χ1n) is 8.83. The fourth-order valence-corrected chi connectivity index (χ4v) is 6.76. The molecule has 1 saturated heterocycles. The fourth-order valence-electron chi connectivity index (χ4n) is 3.14. The van der Waals surface area contributed by atoms with Crippen molar-refractivity contribution in [3.05, 3.63) is 59.4 Å². The predicted octanol–water partition coefficient (Wildman–Crippen LogP) is 3.39. The van der Waals surface area contributed by atoms with E-state index in [-0.39, 0.29) is 35.0 Å². The molecule has 150 valence electrons. The highest BCUT2D eigenvalue weighted by Gasteiger charge is 2.29. The van der Waals surface area contributed by atoms with Gasteiger partial charge in [-0.2, -0.15) is 0 Å². The van der Waals surface area contributed by atoms with Gasteiger partial charge < -0.3 is 9.64 Å². The predicted molar refractivity (Wildman–Crippen MR) is 108 cm³/mol. The molecule has 0 aromatic heterocycles. The lowest BCUT2D eigenvalue weighted by Crippen LogP contribution is -2.27. The number of carbonyl (C=O) groups excluding carboxylic acids is 1. The Balaban J connectivity index is 1.74. The van der Waals surface area contributed by atoms with Gasteiger partial charge in [-0.15, -0.1) is 11.8 Å². The molecule has 1 atom stereocenters. The third-order valence-corrected chi connectivity index (χ3v) is 7.91. The number of methoxy groups -OCH3 is 1. The molecular weight excluding hydrogens is 401 g/mol. The summed E-state index contributed by atoms with van der Waals surface area (Å²) in [7, 11) is 0.0819. The molecule has 2 aromatic carbocycles. The second-order valence-electron chi connectivity index (χ2n) is 6.77. The number of thioether (sulfide) groups is 1. The van der Waals surface area contributed by atoms with Crippen LogP contribution in [0.2, 0.25) is 0 Å². The second-order valence-corrected chi connectivity index (χ2v) is 10.3. The Kier molecular flexibility index (Phi) is 6.30. The maximum absolute atomic E-state index is 13.9. The van der Waals surface area contributed by atoms with E-state index in [1.165, 1.54) is 35.9 Å². The third-order valence-electron chi connectivity index (χ3n) is 4.58. The molecule has 0 radical (unpaired) electrons. The van der Waals surface area contributed by atoms with Gasteiger partial charge in [0.25, 0.3) is 5.91 Å². The van der Waals surface area contributed by atoms with Gasteiger partial charge in [-0.3, -0.25) is 4.79 Å². The monoisotopic (exact) mass is 423 g/mol. The van der Waals surface area contributed by atoms with Crippen LogP contribution >= 0.6 is 11.8 Å². The van der Waals surface area contributed by atoms with Crippen molar-refractivity contribution in [2.75, 3.05) is 25.7 Å². The number of benzene rings is 2. The van der Waals surface area contributed by atoms with E-state index >= 15 is 0 Å². The average Bonchev–Trinajstić information content (AvgIpc) is 3.00. The Morgan fingerprint density at radius 2 is 2.04 bits per heavy atom. The Hall–Kier alpha value is -2.06. The zero-order valence-corrected chi connectivity index (χ0v) is 17.4. The van der Waals surface area contributed by atoms with Crippen molar-refractivity contribution >= 4 is 27.5 Å². The Morgan fingerprint density at radius 1 is 1.29 bits per heavy atom. The molecule has 1 heterocycles. The van der Waals surface area contributed by atoms with Crippen LogP contribution in [-0.2, 0) is 16.4 Å². The molecule has 2 aromatic rings. The van der Waals surface area contributed by atoms with E-state index in [1.807, 2.05) is 12.1 Å². The minimum absolute atomic E-state index is 0.0417. The van der Waals surface area contributed by atoms with Crippen LogP contribution in [0.1, 0.15) is 22.3 Å². The average molecular weight is 424 g/mol. The summed E-state index contributed by atoms with van der Waals surface area (Å²) in [6.45, 7) is 0.247. The highest BCUT2D eigenvalue weighted by Crippen LogP contribution is 2.33. The second kappa shape index (κ2) is 8.53. The molecule has 0 spiro atoms. The number of amides is 1. The lowest BCUT2D eigenvalue weighted by atomic mass is 10.1. The van der Waals surface area contributed by atoms with Crippen molar-refractivity contribution < 1.29 is 22.3 Å². The van der Waals surface area contributed by atoms with Gasteiger partial charge in [-0.25, -0.2) is 12.8 Å². The molecule has 8 heteroatoms. The lowest BCUT2D eigenvalue weighted by molar-refractivity contribution is 0.0781. The SMILES string of the molecule is COc1ccc(CN(C)C(=O)c2ccccc2S[C@H]2CCS(=O)(=O)C2)cc1F. The van der Waals surface area contributed by atoms with Gasteiger partial charge in [-0.05, 0) is 36.2 Å². The number of sulfone groups is 1. The summed E-state index contributed by atoms with van der Waals surface area (Å²) in [5.74, 6) is -0.171. The summed E-state index contributed by atoms with van der Waals surface area (Å²) in [5.41, 5.74) is 1.18. The quantitative estimate of drug-likeness (QED) is 0.713. The number of ether oxygens (including phenoxy) is 1. The summed E-state index contributed by atoms with van der Waals surface area (Å²) in [6, 6.07) is 11.8. The van der Waals surface area contributed by atoms with Crippen molar-refractivity contribution in [1.82, 2.24) is 4.90 Å². The highest BCUT2D eigenvalue weighted by molar-refractivity contribution is 8.02. The Labute approximate surface area is 168 Å². The summed E-state index contributed by atoms with van der Waals surface area (Å²) < 4.78 is 42.2. The van der Waals surface area contributed by atoms with Gasteiger partial charge in [0, 0.05) is 23.7 Å². The zero-order chi connectivity index (χ0) is 20.3. The first kappa shape index (κ1) is 20.7. The number of hydrogen-bond donors (Lipinski definition) is 0. The van der Waals surface area contributed by atoms with E-state index in [4.69, 9.17) is 4.74 Å². The third kappa shape index (κ3) is 4.86. The molecule has 0 N–H and O–H groups in total. The van der Waals surface area contributed by atoms with Crippen LogP contribution in [0.15, 0.2) is 47.4 Å². The summed E-state index contributed by atoms with van der Waals surface area (Å²) in [4.78, 5) is 15.2. The Bertz CT molecular complexity index is 978. The van der Waals surface area contributed by atoms with Gasteiger partial charge in [0.15, 0.2) is 21.4 Å². The minimum Gasteiger partial charge on any atom is -0.494 e. The smallest absolute Gasteiger partial charge is 0.255 e. The molecule has 0 bridgehead atoms. The normalized spacial score (nSPS) is 18.0. The van der Waals surface area contributed by atoms with E-state index in [1.54, 1.807) is 25.2 Å². The van der Waals surface area contributed by atoms with Crippen molar-refractivity contribution in [1.29, 1.82) is 0 Å². The Morgan fingerprint density at radius 3 is 2.68 bits per heavy atom. The molecule has 1 aliphatic heterocycles. The van der Waals surface area contributed by atoms with Crippen molar-refractivity contribution in [3.63, 3.8) is 0 Å². The van der Waals surface area contributed by atoms with Crippen molar-refractivity contribution in [3.8, 4) is 5.75 Å². The number of carbonyl (C=O) groups is 1. The number of halogens is 1. The van der Waals surface area contributed by atoms with Gasteiger partial charge in [-0.1, -0.05) is 18.2 Å². The summed E-state index contributed by atoms with van der Waals surface area (Å²) >= 11 is 1.44. The summed E-state index contributed by atoms with van der Waals surface area (Å²) in [6.07, 6.45) is 0.594. The molecule has 1 amide bonds.